The van der Waals surface area contributed by atoms with E-state index in [0.29, 0.717) is 17.9 Å². The van der Waals surface area contributed by atoms with E-state index in [0.717, 1.165) is 36.3 Å². The Labute approximate surface area is 148 Å². The molecule has 0 spiro atoms. The van der Waals surface area contributed by atoms with Crippen molar-refractivity contribution >= 4 is 11.6 Å². The van der Waals surface area contributed by atoms with E-state index in [1.165, 1.54) is 0 Å². The minimum absolute atomic E-state index is 0.0373. The molecule has 1 aromatic heterocycles. The van der Waals surface area contributed by atoms with Crippen LogP contribution in [0.1, 0.15) is 42.6 Å². The normalized spacial score (nSPS) is 14.0. The highest BCUT2D eigenvalue weighted by Gasteiger charge is 2.24. The largest absolute Gasteiger partial charge is 0.496 e. The van der Waals surface area contributed by atoms with Gasteiger partial charge in [-0.25, -0.2) is 0 Å². The summed E-state index contributed by atoms with van der Waals surface area (Å²) in [6, 6.07) is 7.63. The fraction of sp³-hybridized carbons (Fsp3) is 0.400. The average molecular weight is 340 g/mol. The number of rotatable bonds is 4. The van der Waals surface area contributed by atoms with E-state index >= 15 is 0 Å². The molecule has 0 saturated carbocycles. The Hall–Kier alpha value is -2.56. The lowest BCUT2D eigenvalue weighted by Gasteiger charge is -2.24. The zero-order valence-electron chi connectivity index (χ0n) is 15.0. The molecule has 0 N–H and O–H groups in total. The van der Waals surface area contributed by atoms with Crippen LogP contribution in [-0.4, -0.2) is 30.6 Å². The standard InChI is InChI=1S/C20H24N2O3/c1-14(2)25-16-11-15(12-21-13-16)20(23)22-10-5-4-7-17-18(22)8-6-9-19(17)24-3/h6,8-9,11-14H,4-5,7,10H2,1-3H3. The number of nitrogens with zero attached hydrogens (tertiary/aromatic N) is 2. The van der Waals surface area contributed by atoms with Crippen LogP contribution in [0.5, 0.6) is 11.5 Å². The minimum Gasteiger partial charge on any atom is -0.496 e. The van der Waals surface area contributed by atoms with Gasteiger partial charge in [-0.2, -0.15) is 0 Å². The number of benzene rings is 1. The van der Waals surface area contributed by atoms with E-state index < -0.39 is 0 Å². The second kappa shape index (κ2) is 7.55. The van der Waals surface area contributed by atoms with Crippen molar-refractivity contribution in [2.45, 2.75) is 39.2 Å². The Morgan fingerprint density at radius 2 is 2.08 bits per heavy atom. The maximum Gasteiger partial charge on any atom is 0.259 e. The summed E-state index contributed by atoms with van der Waals surface area (Å²) in [6.45, 7) is 4.59. The van der Waals surface area contributed by atoms with Gasteiger partial charge >= 0.3 is 0 Å². The lowest BCUT2D eigenvalue weighted by atomic mass is 10.1. The third-order valence-electron chi connectivity index (χ3n) is 4.25. The van der Waals surface area contributed by atoms with Crippen LogP contribution in [0.2, 0.25) is 0 Å². The molecule has 3 rings (SSSR count). The molecule has 0 saturated heterocycles. The zero-order chi connectivity index (χ0) is 17.8. The Balaban J connectivity index is 1.95. The molecule has 0 unspecified atom stereocenters. The predicted octanol–water partition coefficient (Wildman–Crippen LogP) is 3.86. The summed E-state index contributed by atoms with van der Waals surface area (Å²) in [4.78, 5) is 19.1. The third-order valence-corrected chi connectivity index (χ3v) is 4.25. The van der Waals surface area contributed by atoms with Crippen molar-refractivity contribution in [2.24, 2.45) is 0 Å². The van der Waals surface area contributed by atoms with Crippen LogP contribution in [0.3, 0.4) is 0 Å². The first-order valence-electron chi connectivity index (χ1n) is 8.69. The van der Waals surface area contributed by atoms with E-state index in [4.69, 9.17) is 9.47 Å². The molecule has 0 fully saturated rings. The third kappa shape index (κ3) is 3.76. The first kappa shape index (κ1) is 17.3. The van der Waals surface area contributed by atoms with E-state index in [1.54, 1.807) is 25.6 Å². The molecule has 132 valence electrons. The summed E-state index contributed by atoms with van der Waals surface area (Å²) in [6.07, 6.45) is 6.18. The second-order valence-electron chi connectivity index (χ2n) is 6.45. The predicted molar refractivity (Wildman–Crippen MR) is 97.6 cm³/mol. The summed E-state index contributed by atoms with van der Waals surface area (Å²) >= 11 is 0. The zero-order valence-corrected chi connectivity index (χ0v) is 15.0. The quantitative estimate of drug-likeness (QED) is 0.848. The summed E-state index contributed by atoms with van der Waals surface area (Å²) in [7, 11) is 1.67. The molecule has 1 aliphatic rings. The van der Waals surface area contributed by atoms with Crippen LogP contribution >= 0.6 is 0 Å². The monoisotopic (exact) mass is 340 g/mol. The molecule has 2 heterocycles. The van der Waals surface area contributed by atoms with Gasteiger partial charge in [0.25, 0.3) is 5.91 Å². The van der Waals surface area contributed by atoms with Gasteiger partial charge in [0.15, 0.2) is 0 Å². The van der Waals surface area contributed by atoms with Gasteiger partial charge in [0, 0.05) is 18.3 Å². The molecule has 0 bridgehead atoms. The molecule has 0 radical (unpaired) electrons. The topological polar surface area (TPSA) is 51.7 Å². The Kier molecular flexibility index (Phi) is 5.22. The van der Waals surface area contributed by atoms with Crippen molar-refractivity contribution < 1.29 is 14.3 Å². The second-order valence-corrected chi connectivity index (χ2v) is 6.45. The number of hydrogen-bond donors (Lipinski definition) is 0. The number of carbonyl (C=O) groups is 1. The average Bonchev–Trinajstić information content (AvgIpc) is 2.83. The van der Waals surface area contributed by atoms with Gasteiger partial charge in [0.05, 0.1) is 30.7 Å². The highest BCUT2D eigenvalue weighted by atomic mass is 16.5. The van der Waals surface area contributed by atoms with Crippen LogP contribution in [0.4, 0.5) is 5.69 Å². The molecular weight excluding hydrogens is 316 g/mol. The highest BCUT2D eigenvalue weighted by molar-refractivity contribution is 6.06. The van der Waals surface area contributed by atoms with Crippen molar-refractivity contribution in [3.05, 3.63) is 47.8 Å². The molecule has 2 aromatic rings. The molecule has 1 amide bonds. The van der Waals surface area contributed by atoms with Gasteiger partial charge in [-0.05, 0) is 51.3 Å². The van der Waals surface area contributed by atoms with E-state index in [1.807, 2.05) is 36.9 Å². The van der Waals surface area contributed by atoms with Gasteiger partial charge in [-0.15, -0.1) is 0 Å². The van der Waals surface area contributed by atoms with Crippen molar-refractivity contribution in [2.75, 3.05) is 18.6 Å². The van der Waals surface area contributed by atoms with Crippen molar-refractivity contribution in [3.8, 4) is 11.5 Å². The maximum absolute atomic E-state index is 13.1. The van der Waals surface area contributed by atoms with E-state index in [2.05, 4.69) is 4.98 Å². The van der Waals surface area contributed by atoms with Crippen LogP contribution < -0.4 is 14.4 Å². The Bertz CT molecular complexity index is 758. The number of ether oxygens (including phenoxy) is 2. The van der Waals surface area contributed by atoms with Crippen LogP contribution in [0.15, 0.2) is 36.7 Å². The van der Waals surface area contributed by atoms with Crippen LogP contribution in [0.25, 0.3) is 0 Å². The number of carbonyl (C=O) groups excluding carboxylic acids is 1. The van der Waals surface area contributed by atoms with Crippen molar-refractivity contribution in [1.29, 1.82) is 0 Å². The van der Waals surface area contributed by atoms with E-state index in [9.17, 15) is 4.79 Å². The fourth-order valence-corrected chi connectivity index (χ4v) is 3.18. The van der Waals surface area contributed by atoms with Gasteiger partial charge < -0.3 is 14.4 Å². The Morgan fingerprint density at radius 1 is 1.24 bits per heavy atom. The number of anilines is 1. The molecule has 5 heteroatoms. The van der Waals surface area contributed by atoms with Gasteiger partial charge in [-0.1, -0.05) is 6.07 Å². The van der Waals surface area contributed by atoms with Crippen molar-refractivity contribution in [3.63, 3.8) is 0 Å². The lowest BCUT2D eigenvalue weighted by molar-refractivity contribution is 0.0985. The summed E-state index contributed by atoms with van der Waals surface area (Å²) in [5.41, 5.74) is 2.56. The first-order valence-corrected chi connectivity index (χ1v) is 8.69. The SMILES string of the molecule is COc1cccc2c1CCCCN2C(=O)c1cncc(OC(C)C)c1. The maximum atomic E-state index is 13.1. The molecule has 0 aliphatic carbocycles. The number of pyridine rings is 1. The van der Waals surface area contributed by atoms with Crippen molar-refractivity contribution in [1.82, 2.24) is 4.98 Å². The summed E-state index contributed by atoms with van der Waals surface area (Å²) in [5, 5.41) is 0. The number of methoxy groups -OCH3 is 1. The van der Waals surface area contributed by atoms with Gasteiger partial charge in [0.2, 0.25) is 0 Å². The minimum atomic E-state index is -0.0573. The number of amides is 1. The number of aromatic nitrogens is 1. The lowest BCUT2D eigenvalue weighted by Crippen LogP contribution is -2.32. The number of fused-ring (bicyclic) bond motifs is 1. The van der Waals surface area contributed by atoms with Crippen LogP contribution in [-0.2, 0) is 6.42 Å². The van der Waals surface area contributed by atoms with Gasteiger partial charge in [-0.3, -0.25) is 9.78 Å². The first-order chi connectivity index (χ1) is 12.1. The fourth-order valence-electron chi connectivity index (χ4n) is 3.18. The van der Waals surface area contributed by atoms with Gasteiger partial charge in [0.1, 0.15) is 11.5 Å². The number of hydrogen-bond acceptors (Lipinski definition) is 4. The molecule has 1 aliphatic heterocycles. The molecule has 1 aromatic carbocycles. The molecule has 25 heavy (non-hydrogen) atoms. The van der Waals surface area contributed by atoms with E-state index in [-0.39, 0.29) is 12.0 Å². The summed E-state index contributed by atoms with van der Waals surface area (Å²) < 4.78 is 11.2. The molecule has 5 nitrogen and oxygen atoms in total. The molecular formula is C20H24N2O3. The van der Waals surface area contributed by atoms with Crippen LogP contribution in [0, 0.1) is 0 Å². The highest BCUT2D eigenvalue weighted by Crippen LogP contribution is 2.34. The molecule has 0 atom stereocenters. The smallest absolute Gasteiger partial charge is 0.259 e. The Morgan fingerprint density at radius 3 is 2.84 bits per heavy atom. The summed E-state index contributed by atoms with van der Waals surface area (Å²) in [5.74, 6) is 1.40.